The van der Waals surface area contributed by atoms with Gasteiger partial charge in [0, 0.05) is 31.3 Å². The van der Waals surface area contributed by atoms with Crippen molar-refractivity contribution >= 4 is 5.91 Å². The smallest absolute Gasteiger partial charge is 0.254 e. The largest absolute Gasteiger partial charge is 0.384 e. The highest BCUT2D eigenvalue weighted by Gasteiger charge is 2.16. The summed E-state index contributed by atoms with van der Waals surface area (Å²) in [6.45, 7) is 5.37. The molecule has 0 atom stereocenters. The first kappa shape index (κ1) is 16.2. The van der Waals surface area contributed by atoms with Crippen LogP contribution in [0.3, 0.4) is 0 Å². The first-order chi connectivity index (χ1) is 9.63. The Morgan fingerprint density at radius 1 is 1.45 bits per heavy atom. The van der Waals surface area contributed by atoms with Crippen molar-refractivity contribution in [2.45, 2.75) is 13.8 Å². The molecule has 0 saturated carbocycles. The Bertz CT molecular complexity index is 514. The van der Waals surface area contributed by atoms with Crippen LogP contribution in [0.4, 0.5) is 0 Å². The molecule has 0 heterocycles. The molecule has 1 aromatic carbocycles. The van der Waals surface area contributed by atoms with Gasteiger partial charge in [0.15, 0.2) is 0 Å². The molecule has 0 spiro atoms. The van der Waals surface area contributed by atoms with Gasteiger partial charge in [-0.25, -0.2) is 0 Å². The lowest BCUT2D eigenvalue weighted by Gasteiger charge is -2.21. The van der Waals surface area contributed by atoms with Crippen LogP contribution in [-0.2, 0) is 4.74 Å². The van der Waals surface area contributed by atoms with Crippen LogP contribution >= 0.6 is 0 Å². The average Bonchev–Trinajstić information content (AvgIpc) is 2.47. The van der Waals surface area contributed by atoms with Gasteiger partial charge in [-0.1, -0.05) is 17.9 Å². The molecule has 108 valence electrons. The summed E-state index contributed by atoms with van der Waals surface area (Å²) >= 11 is 0. The van der Waals surface area contributed by atoms with E-state index >= 15 is 0 Å². The fourth-order valence-corrected chi connectivity index (χ4v) is 1.85. The third-order valence-electron chi connectivity index (χ3n) is 3.01. The van der Waals surface area contributed by atoms with E-state index in [-0.39, 0.29) is 12.5 Å². The Kier molecular flexibility index (Phi) is 6.78. The number of carbonyl (C=O) groups excluding carboxylic acids is 1. The van der Waals surface area contributed by atoms with Gasteiger partial charge in [-0.05, 0) is 31.5 Å². The standard InChI is InChI=1S/C16H21NO3/c1-4-17(9-11-20-3)16(19)15-12-14(6-5-10-18)8-7-13(15)2/h7-8,12,18H,4,9-11H2,1-3H3. The summed E-state index contributed by atoms with van der Waals surface area (Å²) in [6, 6.07) is 5.49. The molecule has 0 saturated heterocycles. The number of aliphatic hydroxyl groups excluding tert-OH is 1. The van der Waals surface area contributed by atoms with Crippen LogP contribution in [0.5, 0.6) is 0 Å². The van der Waals surface area contributed by atoms with Crippen molar-refractivity contribution in [1.82, 2.24) is 4.90 Å². The second-order valence-corrected chi connectivity index (χ2v) is 4.37. The SMILES string of the molecule is CCN(CCOC)C(=O)c1cc(C#CCO)ccc1C. The highest BCUT2D eigenvalue weighted by Crippen LogP contribution is 2.13. The molecule has 20 heavy (non-hydrogen) atoms. The number of amides is 1. The molecule has 0 bridgehead atoms. The van der Waals surface area contributed by atoms with Gasteiger partial charge in [-0.3, -0.25) is 4.79 Å². The van der Waals surface area contributed by atoms with Crippen LogP contribution in [0.25, 0.3) is 0 Å². The van der Waals surface area contributed by atoms with Crippen LogP contribution in [-0.4, -0.2) is 49.3 Å². The molecule has 1 rings (SSSR count). The number of carbonyl (C=O) groups is 1. The molecular formula is C16H21NO3. The lowest BCUT2D eigenvalue weighted by atomic mass is 10.0. The summed E-state index contributed by atoms with van der Waals surface area (Å²) in [5.41, 5.74) is 2.30. The number of benzene rings is 1. The number of nitrogens with zero attached hydrogens (tertiary/aromatic N) is 1. The zero-order valence-electron chi connectivity index (χ0n) is 12.3. The van der Waals surface area contributed by atoms with E-state index in [0.717, 1.165) is 11.1 Å². The Hall–Kier alpha value is -1.83. The van der Waals surface area contributed by atoms with Gasteiger partial charge < -0.3 is 14.7 Å². The van der Waals surface area contributed by atoms with E-state index < -0.39 is 0 Å². The third kappa shape index (κ3) is 4.37. The predicted octanol–water partition coefficient (Wildman–Crippen LogP) is 1.45. The minimum Gasteiger partial charge on any atom is -0.384 e. The van der Waals surface area contributed by atoms with Crippen molar-refractivity contribution in [2.24, 2.45) is 0 Å². The quantitative estimate of drug-likeness (QED) is 0.827. The van der Waals surface area contributed by atoms with Crippen LogP contribution in [0, 0.1) is 18.8 Å². The molecule has 0 aromatic heterocycles. The summed E-state index contributed by atoms with van der Waals surface area (Å²) in [5.74, 6) is 5.39. The summed E-state index contributed by atoms with van der Waals surface area (Å²) in [5, 5.41) is 8.72. The highest BCUT2D eigenvalue weighted by atomic mass is 16.5. The van der Waals surface area contributed by atoms with Gasteiger partial charge in [-0.2, -0.15) is 0 Å². The second-order valence-electron chi connectivity index (χ2n) is 4.37. The Morgan fingerprint density at radius 2 is 2.20 bits per heavy atom. The Morgan fingerprint density at radius 3 is 2.80 bits per heavy atom. The van der Waals surface area contributed by atoms with Gasteiger partial charge in [-0.15, -0.1) is 0 Å². The fourth-order valence-electron chi connectivity index (χ4n) is 1.85. The topological polar surface area (TPSA) is 49.8 Å². The Labute approximate surface area is 120 Å². The lowest BCUT2D eigenvalue weighted by molar-refractivity contribution is 0.0705. The molecule has 0 fully saturated rings. The molecule has 0 radical (unpaired) electrons. The number of aryl methyl sites for hydroxylation is 1. The Balaban J connectivity index is 3.00. The number of ether oxygens (including phenoxy) is 1. The maximum Gasteiger partial charge on any atom is 0.254 e. The van der Waals surface area contributed by atoms with E-state index in [2.05, 4.69) is 11.8 Å². The van der Waals surface area contributed by atoms with Crippen molar-refractivity contribution in [3.63, 3.8) is 0 Å². The van der Waals surface area contributed by atoms with Gasteiger partial charge in [0.05, 0.1) is 6.61 Å². The monoisotopic (exact) mass is 275 g/mol. The molecule has 0 aliphatic rings. The molecule has 0 unspecified atom stereocenters. The normalized spacial score (nSPS) is 9.80. The summed E-state index contributed by atoms with van der Waals surface area (Å²) in [6.07, 6.45) is 0. The van der Waals surface area contributed by atoms with Crippen molar-refractivity contribution in [3.8, 4) is 11.8 Å². The summed E-state index contributed by atoms with van der Waals surface area (Å²) in [7, 11) is 1.62. The van der Waals surface area contributed by atoms with Crippen molar-refractivity contribution in [1.29, 1.82) is 0 Å². The van der Waals surface area contributed by atoms with Crippen LogP contribution in [0.1, 0.15) is 28.4 Å². The summed E-state index contributed by atoms with van der Waals surface area (Å²) in [4.78, 5) is 14.2. The van der Waals surface area contributed by atoms with E-state index in [0.29, 0.717) is 25.3 Å². The maximum atomic E-state index is 12.5. The van der Waals surface area contributed by atoms with Gasteiger partial charge >= 0.3 is 0 Å². The highest BCUT2D eigenvalue weighted by molar-refractivity contribution is 5.96. The fraction of sp³-hybridized carbons (Fsp3) is 0.438. The molecule has 0 aliphatic heterocycles. The van der Waals surface area contributed by atoms with E-state index in [1.165, 1.54) is 0 Å². The van der Waals surface area contributed by atoms with Crippen molar-refractivity contribution < 1.29 is 14.6 Å². The molecule has 1 amide bonds. The van der Waals surface area contributed by atoms with Gasteiger partial charge in [0.2, 0.25) is 0 Å². The van der Waals surface area contributed by atoms with E-state index in [1.807, 2.05) is 26.0 Å². The van der Waals surface area contributed by atoms with Gasteiger partial charge in [0.1, 0.15) is 6.61 Å². The van der Waals surface area contributed by atoms with E-state index in [9.17, 15) is 4.79 Å². The van der Waals surface area contributed by atoms with Gasteiger partial charge in [0.25, 0.3) is 5.91 Å². The number of rotatable bonds is 5. The number of hydrogen-bond donors (Lipinski definition) is 1. The maximum absolute atomic E-state index is 12.5. The average molecular weight is 275 g/mol. The molecule has 4 nitrogen and oxygen atoms in total. The number of aliphatic hydroxyl groups is 1. The molecule has 1 N–H and O–H groups in total. The zero-order valence-corrected chi connectivity index (χ0v) is 12.3. The van der Waals surface area contributed by atoms with Crippen LogP contribution in [0.2, 0.25) is 0 Å². The van der Waals surface area contributed by atoms with Crippen molar-refractivity contribution in [2.75, 3.05) is 33.4 Å². The molecule has 1 aromatic rings. The van der Waals surface area contributed by atoms with Crippen LogP contribution < -0.4 is 0 Å². The predicted molar refractivity (Wildman–Crippen MR) is 78.6 cm³/mol. The summed E-state index contributed by atoms with van der Waals surface area (Å²) < 4.78 is 5.02. The third-order valence-corrected chi connectivity index (χ3v) is 3.01. The van der Waals surface area contributed by atoms with E-state index in [4.69, 9.17) is 9.84 Å². The zero-order chi connectivity index (χ0) is 15.0. The molecule has 0 aliphatic carbocycles. The number of methoxy groups -OCH3 is 1. The lowest BCUT2D eigenvalue weighted by Crippen LogP contribution is -2.34. The minimum absolute atomic E-state index is 0.0188. The number of hydrogen-bond acceptors (Lipinski definition) is 3. The van der Waals surface area contributed by atoms with Crippen LogP contribution in [0.15, 0.2) is 18.2 Å². The van der Waals surface area contributed by atoms with E-state index in [1.54, 1.807) is 18.1 Å². The second kappa shape index (κ2) is 8.36. The molecule has 4 heteroatoms. The first-order valence-corrected chi connectivity index (χ1v) is 6.62. The first-order valence-electron chi connectivity index (χ1n) is 6.62. The number of likely N-dealkylation sites (N-methyl/N-ethyl adjacent to an activating group) is 1. The minimum atomic E-state index is -0.188. The molecular weight excluding hydrogens is 254 g/mol. The van der Waals surface area contributed by atoms with Crippen molar-refractivity contribution in [3.05, 3.63) is 34.9 Å².